The number of aromatic nitrogens is 3. The lowest BCUT2D eigenvalue weighted by atomic mass is 10.0. The van der Waals surface area contributed by atoms with Gasteiger partial charge in [-0.15, -0.1) is 5.10 Å². The van der Waals surface area contributed by atoms with Crippen molar-refractivity contribution in [3.63, 3.8) is 0 Å². The van der Waals surface area contributed by atoms with Gasteiger partial charge in [0.15, 0.2) is 0 Å². The van der Waals surface area contributed by atoms with E-state index in [4.69, 9.17) is 0 Å². The van der Waals surface area contributed by atoms with Crippen molar-refractivity contribution >= 4 is 23.4 Å². The van der Waals surface area contributed by atoms with Crippen LogP contribution >= 0.6 is 0 Å². The number of amides is 3. The summed E-state index contributed by atoms with van der Waals surface area (Å²) in [5.41, 5.74) is 4.42. The van der Waals surface area contributed by atoms with Gasteiger partial charge in [-0.1, -0.05) is 17.3 Å². The fraction of sp³-hybridized carbons (Fsp3) is 0.227. The van der Waals surface area contributed by atoms with Gasteiger partial charge in [0.2, 0.25) is 11.8 Å². The summed E-state index contributed by atoms with van der Waals surface area (Å²) < 4.78 is 1.70. The first-order valence-electron chi connectivity index (χ1n) is 10.1. The second kappa shape index (κ2) is 7.67. The molecule has 1 unspecified atom stereocenters. The van der Waals surface area contributed by atoms with Crippen molar-refractivity contribution in [2.75, 3.05) is 5.32 Å². The summed E-state index contributed by atoms with van der Waals surface area (Å²) in [6.45, 7) is 0.990. The standard InChI is InChI=1S/C22H20N6O3/c29-20-8-7-19(21(30)25-20)27-13-15-11-16(3-6-18(15)22(27)31)23-12-14-1-4-17(5-2-14)28-10-9-24-26-28/h1-6,9-11,19,23H,7-8,12-13H2,(H,25,29,30). The van der Waals surface area contributed by atoms with Gasteiger partial charge in [0.1, 0.15) is 6.04 Å². The highest BCUT2D eigenvalue weighted by Gasteiger charge is 2.39. The van der Waals surface area contributed by atoms with Gasteiger partial charge >= 0.3 is 0 Å². The van der Waals surface area contributed by atoms with E-state index in [0.29, 0.717) is 25.1 Å². The molecule has 1 saturated heterocycles. The fourth-order valence-electron chi connectivity index (χ4n) is 4.00. The highest BCUT2D eigenvalue weighted by atomic mass is 16.2. The lowest BCUT2D eigenvalue weighted by Gasteiger charge is -2.29. The molecule has 2 aliphatic heterocycles. The lowest BCUT2D eigenvalue weighted by Crippen LogP contribution is -2.52. The van der Waals surface area contributed by atoms with Crippen LogP contribution in [0, 0.1) is 0 Å². The molecule has 0 radical (unpaired) electrons. The van der Waals surface area contributed by atoms with Crippen LogP contribution in [0.5, 0.6) is 0 Å². The maximum atomic E-state index is 12.8. The largest absolute Gasteiger partial charge is 0.381 e. The molecular formula is C22H20N6O3. The molecule has 2 aromatic carbocycles. The molecule has 0 aliphatic carbocycles. The Morgan fingerprint density at radius 1 is 1.10 bits per heavy atom. The minimum atomic E-state index is -0.600. The Kier molecular flexibility index (Phi) is 4.70. The molecule has 3 aromatic rings. The third-order valence-corrected chi connectivity index (χ3v) is 5.64. The molecule has 0 spiro atoms. The van der Waals surface area contributed by atoms with Crippen LogP contribution in [0.2, 0.25) is 0 Å². The van der Waals surface area contributed by atoms with Crippen LogP contribution in [0.1, 0.15) is 34.3 Å². The highest BCUT2D eigenvalue weighted by Crippen LogP contribution is 2.29. The van der Waals surface area contributed by atoms with Crippen molar-refractivity contribution < 1.29 is 14.4 Å². The number of imide groups is 1. The van der Waals surface area contributed by atoms with Crippen LogP contribution in [0.4, 0.5) is 5.69 Å². The molecule has 3 amide bonds. The highest BCUT2D eigenvalue weighted by molar-refractivity contribution is 6.05. The quantitative estimate of drug-likeness (QED) is 0.612. The average Bonchev–Trinajstić information content (AvgIpc) is 3.41. The van der Waals surface area contributed by atoms with Gasteiger partial charge in [-0.25, -0.2) is 4.68 Å². The van der Waals surface area contributed by atoms with E-state index in [2.05, 4.69) is 20.9 Å². The van der Waals surface area contributed by atoms with E-state index in [1.807, 2.05) is 36.4 Å². The summed E-state index contributed by atoms with van der Waals surface area (Å²) in [4.78, 5) is 37.9. The van der Waals surface area contributed by atoms with Crippen molar-refractivity contribution in [2.24, 2.45) is 0 Å². The Morgan fingerprint density at radius 2 is 1.94 bits per heavy atom. The van der Waals surface area contributed by atoms with E-state index in [1.54, 1.807) is 28.0 Å². The Bertz CT molecular complexity index is 1160. The number of carbonyl (C=O) groups excluding carboxylic acids is 3. The Labute approximate surface area is 178 Å². The first kappa shape index (κ1) is 19.0. The van der Waals surface area contributed by atoms with Crippen molar-refractivity contribution in [3.8, 4) is 5.69 Å². The van der Waals surface area contributed by atoms with E-state index in [-0.39, 0.29) is 18.2 Å². The van der Waals surface area contributed by atoms with Crippen LogP contribution < -0.4 is 10.6 Å². The van der Waals surface area contributed by atoms with Crippen LogP contribution in [0.15, 0.2) is 54.9 Å². The van der Waals surface area contributed by atoms with E-state index in [0.717, 1.165) is 22.5 Å². The Morgan fingerprint density at radius 3 is 2.68 bits per heavy atom. The zero-order valence-corrected chi connectivity index (χ0v) is 16.6. The van der Waals surface area contributed by atoms with Gasteiger partial charge < -0.3 is 10.2 Å². The van der Waals surface area contributed by atoms with Crippen molar-refractivity contribution in [3.05, 3.63) is 71.5 Å². The Balaban J connectivity index is 1.25. The maximum Gasteiger partial charge on any atom is 0.255 e. The molecule has 31 heavy (non-hydrogen) atoms. The molecule has 1 aromatic heterocycles. The van der Waals surface area contributed by atoms with Gasteiger partial charge in [-0.3, -0.25) is 19.7 Å². The number of nitrogens with one attached hydrogen (secondary N) is 2. The van der Waals surface area contributed by atoms with Crippen molar-refractivity contribution in [2.45, 2.75) is 32.0 Å². The van der Waals surface area contributed by atoms with Crippen LogP contribution in [0.3, 0.4) is 0 Å². The SMILES string of the molecule is O=C1CCC(N2Cc3cc(NCc4ccc(-n5ccnn5)cc4)ccc3C2=O)C(=O)N1. The zero-order valence-electron chi connectivity index (χ0n) is 16.6. The van der Waals surface area contributed by atoms with Crippen LogP contribution in [0.25, 0.3) is 5.69 Å². The minimum absolute atomic E-state index is 0.167. The number of fused-ring (bicyclic) bond motifs is 1. The van der Waals surface area contributed by atoms with Gasteiger partial charge in [-0.05, 0) is 47.9 Å². The Hall–Kier alpha value is -4.01. The summed E-state index contributed by atoms with van der Waals surface area (Å²) in [5.74, 6) is -0.851. The molecule has 5 rings (SSSR count). The van der Waals surface area contributed by atoms with E-state index in [1.165, 1.54) is 0 Å². The van der Waals surface area contributed by atoms with Gasteiger partial charge in [0.25, 0.3) is 5.91 Å². The molecular weight excluding hydrogens is 396 g/mol. The second-order valence-corrected chi connectivity index (χ2v) is 7.64. The molecule has 0 bridgehead atoms. The first-order valence-corrected chi connectivity index (χ1v) is 10.1. The fourth-order valence-corrected chi connectivity index (χ4v) is 4.00. The number of benzene rings is 2. The zero-order chi connectivity index (χ0) is 21.4. The number of anilines is 1. The molecule has 9 nitrogen and oxygen atoms in total. The topological polar surface area (TPSA) is 109 Å². The molecule has 1 atom stereocenters. The monoisotopic (exact) mass is 416 g/mol. The first-order chi connectivity index (χ1) is 15.1. The maximum absolute atomic E-state index is 12.8. The number of nitrogens with zero attached hydrogens (tertiary/aromatic N) is 4. The predicted octanol–water partition coefficient (Wildman–Crippen LogP) is 1.64. The molecule has 1 fully saturated rings. The number of hydrogen-bond donors (Lipinski definition) is 2. The number of carbonyl (C=O) groups is 3. The van der Waals surface area contributed by atoms with E-state index >= 15 is 0 Å². The van der Waals surface area contributed by atoms with E-state index in [9.17, 15) is 14.4 Å². The predicted molar refractivity (Wildman–Crippen MR) is 111 cm³/mol. The smallest absolute Gasteiger partial charge is 0.255 e. The summed E-state index contributed by atoms with van der Waals surface area (Å²) in [6, 6.07) is 13.0. The van der Waals surface area contributed by atoms with Crippen LogP contribution in [-0.2, 0) is 22.7 Å². The van der Waals surface area contributed by atoms with E-state index < -0.39 is 11.9 Å². The van der Waals surface area contributed by atoms with Crippen molar-refractivity contribution in [1.29, 1.82) is 0 Å². The minimum Gasteiger partial charge on any atom is -0.381 e. The molecule has 3 heterocycles. The van der Waals surface area contributed by atoms with Crippen molar-refractivity contribution in [1.82, 2.24) is 25.2 Å². The summed E-state index contributed by atoms with van der Waals surface area (Å²) in [7, 11) is 0. The molecule has 2 N–H and O–H groups in total. The average molecular weight is 416 g/mol. The molecule has 0 saturated carbocycles. The number of rotatable bonds is 5. The van der Waals surface area contributed by atoms with Gasteiger partial charge in [0.05, 0.1) is 18.1 Å². The van der Waals surface area contributed by atoms with Gasteiger partial charge in [-0.2, -0.15) is 0 Å². The third-order valence-electron chi connectivity index (χ3n) is 5.64. The summed E-state index contributed by atoms with van der Waals surface area (Å²) in [5, 5.41) is 13.5. The molecule has 2 aliphatic rings. The van der Waals surface area contributed by atoms with Gasteiger partial charge in [0, 0.05) is 30.8 Å². The summed E-state index contributed by atoms with van der Waals surface area (Å²) in [6.07, 6.45) is 4.03. The second-order valence-electron chi connectivity index (χ2n) is 7.64. The molecule has 9 heteroatoms. The third kappa shape index (κ3) is 3.65. The molecule has 156 valence electrons. The summed E-state index contributed by atoms with van der Waals surface area (Å²) >= 11 is 0. The normalized spacial score (nSPS) is 18.1. The van der Waals surface area contributed by atoms with Crippen LogP contribution in [-0.4, -0.2) is 43.7 Å². The number of piperidine rings is 1. The lowest BCUT2D eigenvalue weighted by molar-refractivity contribution is -0.136. The number of hydrogen-bond acceptors (Lipinski definition) is 6.